The first-order valence-electron chi connectivity index (χ1n) is 5.40. The number of pyridine rings is 1. The lowest BCUT2D eigenvalue weighted by Crippen LogP contribution is -2.02. The van der Waals surface area contributed by atoms with E-state index >= 15 is 0 Å². The van der Waals surface area contributed by atoms with E-state index in [-0.39, 0.29) is 5.76 Å². The fraction of sp³-hybridized carbons (Fsp3) is 0.231. The van der Waals surface area contributed by atoms with Gasteiger partial charge in [-0.15, -0.1) is 0 Å². The van der Waals surface area contributed by atoms with Crippen LogP contribution in [0.4, 0.5) is 0 Å². The fourth-order valence-electron chi connectivity index (χ4n) is 1.52. The Kier molecular flexibility index (Phi) is 3.23. The molecule has 0 radical (unpaired) electrons. The molecular formula is C13H13NO3. The van der Waals surface area contributed by atoms with Gasteiger partial charge in [-0.2, -0.15) is 0 Å². The van der Waals surface area contributed by atoms with Crippen LogP contribution in [0.15, 0.2) is 35.0 Å². The number of aryl methyl sites for hydroxylation is 1. The highest BCUT2D eigenvalue weighted by molar-refractivity contribution is 5.87. The molecule has 2 aromatic rings. The van der Waals surface area contributed by atoms with Crippen LogP contribution in [0, 0.1) is 6.92 Å². The summed E-state index contributed by atoms with van der Waals surface area (Å²) in [5, 5.41) is 0. The standard InChI is InChI=1S/C13H13NO3/c1-3-16-13(15)12-5-4-11(17-12)10-8-14-7-6-9(10)2/h4-8H,3H2,1-2H3. The zero-order valence-corrected chi connectivity index (χ0v) is 9.77. The molecule has 2 rings (SSSR count). The van der Waals surface area contributed by atoms with Crippen LogP contribution in [-0.2, 0) is 4.74 Å². The lowest BCUT2D eigenvalue weighted by atomic mass is 10.1. The lowest BCUT2D eigenvalue weighted by Gasteiger charge is -2.00. The number of ether oxygens (including phenoxy) is 1. The molecule has 0 spiro atoms. The van der Waals surface area contributed by atoms with Gasteiger partial charge in [-0.3, -0.25) is 4.98 Å². The molecule has 17 heavy (non-hydrogen) atoms. The van der Waals surface area contributed by atoms with Crippen LogP contribution in [0.3, 0.4) is 0 Å². The second-order valence-corrected chi connectivity index (χ2v) is 3.57. The SMILES string of the molecule is CCOC(=O)c1ccc(-c2cnccc2C)o1. The van der Waals surface area contributed by atoms with Gasteiger partial charge in [0.2, 0.25) is 5.76 Å². The van der Waals surface area contributed by atoms with Crippen LogP contribution in [0.1, 0.15) is 23.0 Å². The number of nitrogens with zero attached hydrogens (tertiary/aromatic N) is 1. The summed E-state index contributed by atoms with van der Waals surface area (Å²) in [7, 11) is 0. The van der Waals surface area contributed by atoms with Gasteiger partial charge in [0, 0.05) is 18.0 Å². The van der Waals surface area contributed by atoms with Crippen LogP contribution in [0.2, 0.25) is 0 Å². The summed E-state index contributed by atoms with van der Waals surface area (Å²) in [4.78, 5) is 15.5. The minimum atomic E-state index is -0.444. The normalized spacial score (nSPS) is 10.2. The summed E-state index contributed by atoms with van der Waals surface area (Å²) in [6.07, 6.45) is 3.43. The highest BCUT2D eigenvalue weighted by atomic mass is 16.5. The minimum absolute atomic E-state index is 0.213. The maximum absolute atomic E-state index is 11.4. The van der Waals surface area contributed by atoms with Gasteiger partial charge in [-0.1, -0.05) is 0 Å². The number of carbonyl (C=O) groups excluding carboxylic acids is 1. The molecule has 88 valence electrons. The Morgan fingerprint density at radius 2 is 2.24 bits per heavy atom. The number of esters is 1. The molecule has 0 saturated heterocycles. The molecule has 0 unspecified atom stereocenters. The molecule has 0 bridgehead atoms. The first kappa shape index (κ1) is 11.4. The molecule has 0 aliphatic carbocycles. The quantitative estimate of drug-likeness (QED) is 0.762. The van der Waals surface area contributed by atoms with E-state index in [2.05, 4.69) is 4.98 Å². The second kappa shape index (κ2) is 4.82. The Bertz CT molecular complexity index is 531. The third kappa shape index (κ3) is 2.36. The molecule has 0 saturated carbocycles. The molecule has 2 heterocycles. The molecule has 4 nitrogen and oxygen atoms in total. The van der Waals surface area contributed by atoms with Crippen molar-refractivity contribution in [1.29, 1.82) is 0 Å². The van der Waals surface area contributed by atoms with E-state index in [1.165, 1.54) is 0 Å². The van der Waals surface area contributed by atoms with Crippen molar-refractivity contribution >= 4 is 5.97 Å². The Balaban J connectivity index is 2.30. The Labute approximate surface area is 99.2 Å². The van der Waals surface area contributed by atoms with Crippen LogP contribution >= 0.6 is 0 Å². The van der Waals surface area contributed by atoms with Gasteiger partial charge >= 0.3 is 5.97 Å². The van der Waals surface area contributed by atoms with E-state index in [1.54, 1.807) is 31.5 Å². The molecule has 0 aromatic carbocycles. The molecular weight excluding hydrogens is 218 g/mol. The number of hydrogen-bond donors (Lipinski definition) is 0. The number of hydrogen-bond acceptors (Lipinski definition) is 4. The highest BCUT2D eigenvalue weighted by Crippen LogP contribution is 2.24. The summed E-state index contributed by atoms with van der Waals surface area (Å²) in [6.45, 7) is 4.05. The zero-order chi connectivity index (χ0) is 12.3. The average molecular weight is 231 g/mol. The van der Waals surface area contributed by atoms with Crippen LogP contribution < -0.4 is 0 Å². The minimum Gasteiger partial charge on any atom is -0.460 e. The van der Waals surface area contributed by atoms with E-state index in [4.69, 9.17) is 9.15 Å². The third-order valence-corrected chi connectivity index (χ3v) is 2.39. The first-order chi connectivity index (χ1) is 8.22. The van der Waals surface area contributed by atoms with Crippen molar-refractivity contribution in [3.05, 3.63) is 41.9 Å². The number of carbonyl (C=O) groups is 1. The number of furan rings is 1. The topological polar surface area (TPSA) is 52.3 Å². The van der Waals surface area contributed by atoms with Crippen molar-refractivity contribution in [2.75, 3.05) is 6.61 Å². The van der Waals surface area contributed by atoms with Crippen LogP contribution in [0.25, 0.3) is 11.3 Å². The van der Waals surface area contributed by atoms with Gasteiger partial charge in [-0.05, 0) is 37.6 Å². The molecule has 2 aromatic heterocycles. The lowest BCUT2D eigenvalue weighted by molar-refractivity contribution is 0.0491. The van der Waals surface area contributed by atoms with Crippen LogP contribution in [0.5, 0.6) is 0 Å². The molecule has 0 N–H and O–H groups in total. The Morgan fingerprint density at radius 3 is 2.94 bits per heavy atom. The second-order valence-electron chi connectivity index (χ2n) is 3.57. The van der Waals surface area contributed by atoms with Gasteiger partial charge < -0.3 is 9.15 Å². The van der Waals surface area contributed by atoms with Crippen molar-refractivity contribution in [3.8, 4) is 11.3 Å². The van der Waals surface area contributed by atoms with Crippen molar-refractivity contribution in [2.24, 2.45) is 0 Å². The first-order valence-corrected chi connectivity index (χ1v) is 5.40. The molecule has 0 atom stereocenters. The van der Waals surface area contributed by atoms with Gasteiger partial charge in [0.25, 0.3) is 0 Å². The van der Waals surface area contributed by atoms with E-state index in [0.717, 1.165) is 11.1 Å². The zero-order valence-electron chi connectivity index (χ0n) is 9.77. The molecule has 4 heteroatoms. The van der Waals surface area contributed by atoms with Gasteiger partial charge in [0.15, 0.2) is 0 Å². The fourth-order valence-corrected chi connectivity index (χ4v) is 1.52. The van der Waals surface area contributed by atoms with E-state index in [9.17, 15) is 4.79 Å². The van der Waals surface area contributed by atoms with E-state index in [1.807, 2.05) is 13.0 Å². The summed E-state index contributed by atoms with van der Waals surface area (Å²) in [6, 6.07) is 5.25. The van der Waals surface area contributed by atoms with Gasteiger partial charge in [-0.25, -0.2) is 4.79 Å². The largest absolute Gasteiger partial charge is 0.460 e. The molecule has 0 aliphatic heterocycles. The van der Waals surface area contributed by atoms with Crippen LogP contribution in [-0.4, -0.2) is 17.6 Å². The number of aromatic nitrogens is 1. The van der Waals surface area contributed by atoms with Crippen molar-refractivity contribution < 1.29 is 13.9 Å². The molecule has 0 amide bonds. The predicted molar refractivity (Wildman–Crippen MR) is 62.6 cm³/mol. The smallest absolute Gasteiger partial charge is 0.374 e. The Hall–Kier alpha value is -2.10. The van der Waals surface area contributed by atoms with E-state index in [0.29, 0.717) is 12.4 Å². The summed E-state index contributed by atoms with van der Waals surface area (Å²) in [5.41, 5.74) is 1.92. The predicted octanol–water partition coefficient (Wildman–Crippen LogP) is 2.83. The Morgan fingerprint density at radius 1 is 1.41 bits per heavy atom. The van der Waals surface area contributed by atoms with Gasteiger partial charge in [0.1, 0.15) is 5.76 Å². The third-order valence-electron chi connectivity index (χ3n) is 2.39. The molecule has 0 fully saturated rings. The number of rotatable bonds is 3. The monoisotopic (exact) mass is 231 g/mol. The highest BCUT2D eigenvalue weighted by Gasteiger charge is 2.13. The van der Waals surface area contributed by atoms with Crippen molar-refractivity contribution in [2.45, 2.75) is 13.8 Å². The summed E-state index contributed by atoms with van der Waals surface area (Å²) < 4.78 is 10.3. The van der Waals surface area contributed by atoms with Gasteiger partial charge in [0.05, 0.1) is 6.61 Å². The van der Waals surface area contributed by atoms with Crippen molar-refractivity contribution in [3.63, 3.8) is 0 Å². The summed E-state index contributed by atoms with van der Waals surface area (Å²) in [5.74, 6) is 0.393. The maximum atomic E-state index is 11.4. The maximum Gasteiger partial charge on any atom is 0.374 e. The average Bonchev–Trinajstić information content (AvgIpc) is 2.79. The summed E-state index contributed by atoms with van der Waals surface area (Å²) >= 11 is 0. The van der Waals surface area contributed by atoms with Crippen molar-refractivity contribution in [1.82, 2.24) is 4.98 Å². The molecule has 0 aliphatic rings. The van der Waals surface area contributed by atoms with E-state index < -0.39 is 5.97 Å².